The molecule has 2 aromatic carbocycles. The Morgan fingerprint density at radius 3 is 2.40 bits per heavy atom. The van der Waals surface area contributed by atoms with Gasteiger partial charge >= 0.3 is 33.3 Å². The van der Waals surface area contributed by atoms with E-state index in [0.717, 1.165) is 25.7 Å². The molecule has 35 nitrogen and oxygen atoms in total. The summed E-state index contributed by atoms with van der Waals surface area (Å²) in [6.07, 6.45) is 0.371. The number of aromatic nitrogens is 6. The molecule has 38 heteroatoms. The average Bonchev–Trinajstić information content (AvgIpc) is 1.62. The monoisotopic (exact) mass is 1500 g/mol. The number of rotatable bonds is 30. The van der Waals surface area contributed by atoms with Crippen LogP contribution in [0.3, 0.4) is 0 Å². The minimum absolute atomic E-state index is 0.0330. The molecule has 14 atom stereocenters. The Labute approximate surface area is 603 Å². The topological polar surface area (TPSA) is 457 Å². The SMILES string of the molecule is CC(C)C(NC(=O)CCOCCOCCNC(=O)OC[C@@H]1[C@@H]2CCC#CCC[C@@H]21)C(=O)N[C@@H](CCCNC(N)=O)C(=O)Nc1ccc(COC(=O)N(C)Cc2ccccc2C(=O)Nc2nc3c(ncn3[C@@H]3O[C@@H]4CO[P@@](=O)(S)O[C@H]5C[C@H](Oc6ccncn6)C[C@@H]5CO[PH](=O)O[C@@H]3[C@@H]4O)c(=O)[nH]2)cc1. The van der Waals surface area contributed by atoms with Gasteiger partial charge in [-0.05, 0) is 85.1 Å². The van der Waals surface area contributed by atoms with Crippen LogP contribution in [0.2, 0.25) is 0 Å². The maximum atomic E-state index is 14.1. The smallest absolute Gasteiger partial charge is 0.410 e. The second kappa shape index (κ2) is 37.4. The number of nitrogens with zero attached hydrogens (tertiary/aromatic N) is 6. The number of thiol groups is 1. The Bertz CT molecular complexity index is 4000. The molecular formula is C66H86N14O21P2S. The van der Waals surface area contributed by atoms with Crippen LogP contribution in [0.5, 0.6) is 5.88 Å². The maximum absolute atomic E-state index is 14.1. The van der Waals surface area contributed by atoms with Crippen LogP contribution >= 0.6 is 27.3 Å². The highest BCUT2D eigenvalue weighted by molar-refractivity contribution is 8.44. The fraction of sp³-hybridized carbons (Fsp3) is 0.545. The fourth-order valence-electron chi connectivity index (χ4n) is 12.6. The lowest BCUT2D eigenvalue weighted by atomic mass is 10.0. The molecule has 10 N–H and O–H groups in total. The van der Waals surface area contributed by atoms with Gasteiger partial charge in [0.25, 0.3) is 11.5 Å². The highest BCUT2D eigenvalue weighted by Gasteiger charge is 2.51. The lowest BCUT2D eigenvalue weighted by Gasteiger charge is -2.25. The minimum atomic E-state index is -4.16. The number of carbonyl (C=O) groups excluding carboxylic acids is 7. The zero-order chi connectivity index (χ0) is 73.9. The van der Waals surface area contributed by atoms with E-state index in [2.05, 4.69) is 80.9 Å². The molecule has 3 aromatic heterocycles. The number of primary amides is 1. The number of nitrogens with one attached hydrogen (secondary N) is 7. The number of carbonyl (C=O) groups is 7. The number of nitrogens with two attached hydrogens (primary N) is 1. The van der Waals surface area contributed by atoms with Crippen LogP contribution < -0.4 is 47.9 Å². The molecule has 2 bridgehead atoms. The van der Waals surface area contributed by atoms with Gasteiger partial charge in [-0.25, -0.2) is 33.9 Å². The molecule has 2 unspecified atom stereocenters. The highest BCUT2D eigenvalue weighted by atomic mass is 32.7. The van der Waals surface area contributed by atoms with Gasteiger partial charge in [-0.1, -0.05) is 56.4 Å². The van der Waals surface area contributed by atoms with Crippen LogP contribution in [0.1, 0.15) is 99.3 Å². The third-order valence-corrected chi connectivity index (χ3v) is 20.5. The minimum Gasteiger partial charge on any atom is -0.474 e. The van der Waals surface area contributed by atoms with E-state index in [9.17, 15) is 52.6 Å². The van der Waals surface area contributed by atoms with E-state index in [4.69, 9.17) is 52.2 Å². The van der Waals surface area contributed by atoms with Gasteiger partial charge in [-0.3, -0.25) is 57.0 Å². The summed E-state index contributed by atoms with van der Waals surface area (Å²) < 4.78 is 85.8. The molecule has 10 rings (SSSR count). The molecule has 104 heavy (non-hydrogen) atoms. The molecular weight excluding hydrogens is 1420 g/mol. The number of anilines is 2. The number of urea groups is 1. The van der Waals surface area contributed by atoms with E-state index in [-0.39, 0.29) is 108 Å². The van der Waals surface area contributed by atoms with Crippen LogP contribution in [0.4, 0.5) is 26.0 Å². The molecule has 0 radical (unpaired) electrons. The van der Waals surface area contributed by atoms with E-state index >= 15 is 0 Å². The number of alkyl carbamates (subject to hydrolysis) is 1. The Morgan fingerprint density at radius 2 is 1.66 bits per heavy atom. The quantitative estimate of drug-likeness (QED) is 0.0127. The first-order chi connectivity index (χ1) is 50.1. The van der Waals surface area contributed by atoms with Crippen molar-refractivity contribution in [1.29, 1.82) is 0 Å². The van der Waals surface area contributed by atoms with Crippen molar-refractivity contribution in [2.75, 3.05) is 77.0 Å². The maximum Gasteiger partial charge on any atom is 0.410 e. The van der Waals surface area contributed by atoms with Gasteiger partial charge in [0.1, 0.15) is 49.4 Å². The van der Waals surface area contributed by atoms with Gasteiger partial charge in [0.15, 0.2) is 17.4 Å². The summed E-state index contributed by atoms with van der Waals surface area (Å²) >= 11 is 4.20. The van der Waals surface area contributed by atoms with Gasteiger partial charge in [-0.15, -0.1) is 11.8 Å². The zero-order valence-electron chi connectivity index (χ0n) is 57.3. The third kappa shape index (κ3) is 22.2. The summed E-state index contributed by atoms with van der Waals surface area (Å²) in [7, 11) is -1.98. The molecule has 5 aromatic rings. The third-order valence-electron chi connectivity index (χ3n) is 18.0. The van der Waals surface area contributed by atoms with E-state index in [1.807, 2.05) is 0 Å². The number of ether oxygens (including phenoxy) is 6. The summed E-state index contributed by atoms with van der Waals surface area (Å²) in [6.45, 7) is -0.380. The van der Waals surface area contributed by atoms with Crippen molar-refractivity contribution in [3.63, 3.8) is 0 Å². The predicted molar refractivity (Wildman–Crippen MR) is 373 cm³/mol. The molecule has 8 amide bonds. The second-order valence-corrected chi connectivity index (χ2v) is 29.7. The second-order valence-electron chi connectivity index (χ2n) is 25.8. The van der Waals surface area contributed by atoms with Gasteiger partial charge < -0.3 is 75.3 Å². The summed E-state index contributed by atoms with van der Waals surface area (Å²) in [5, 5.41) is 27.5. The molecule has 2 aliphatic heterocycles. The van der Waals surface area contributed by atoms with Crippen LogP contribution in [-0.4, -0.2) is 190 Å². The van der Waals surface area contributed by atoms with Gasteiger partial charge in [0, 0.05) is 81.8 Å². The largest absolute Gasteiger partial charge is 0.474 e. The Morgan fingerprint density at radius 1 is 0.904 bits per heavy atom. The molecule has 2 saturated carbocycles. The zero-order valence-corrected chi connectivity index (χ0v) is 60.1. The number of amides is 8. The first-order valence-electron chi connectivity index (χ1n) is 34.1. The number of aliphatic hydroxyl groups excluding tert-OH is 1. The Kier molecular flexibility index (Phi) is 28.1. The first-order valence-corrected chi connectivity index (χ1v) is 38.0. The predicted octanol–water partition coefficient (Wildman–Crippen LogP) is 4.89. The van der Waals surface area contributed by atoms with Crippen molar-refractivity contribution in [3.05, 3.63) is 100 Å². The fourth-order valence-corrected chi connectivity index (χ4v) is 15.1. The lowest BCUT2D eigenvalue weighted by Crippen LogP contribution is -2.54. The number of aromatic amines is 1. The molecule has 2 saturated heterocycles. The number of imidazole rings is 1. The van der Waals surface area contributed by atoms with Crippen LogP contribution in [0.15, 0.2) is 78.2 Å². The van der Waals surface area contributed by atoms with Crippen molar-refractivity contribution in [3.8, 4) is 17.7 Å². The average molecular weight is 1510 g/mol. The van der Waals surface area contributed by atoms with E-state index in [1.165, 1.54) is 41.4 Å². The van der Waals surface area contributed by atoms with Crippen molar-refractivity contribution in [2.24, 2.45) is 35.3 Å². The van der Waals surface area contributed by atoms with E-state index in [1.54, 1.807) is 62.4 Å². The van der Waals surface area contributed by atoms with E-state index in [0.29, 0.717) is 53.5 Å². The van der Waals surface area contributed by atoms with Gasteiger partial charge in [0.05, 0.1) is 58.7 Å². The van der Waals surface area contributed by atoms with Crippen molar-refractivity contribution >= 4 is 91.9 Å². The van der Waals surface area contributed by atoms with E-state index < -0.39 is 130 Å². The highest BCUT2D eigenvalue weighted by Crippen LogP contribution is 2.57. The summed E-state index contributed by atoms with van der Waals surface area (Å²) in [5.74, 6) is 4.51. The first kappa shape index (κ1) is 78.0. The number of hydrogen-bond acceptors (Lipinski definition) is 25. The van der Waals surface area contributed by atoms with Gasteiger partial charge in [-0.2, -0.15) is 4.98 Å². The summed E-state index contributed by atoms with van der Waals surface area (Å²) in [5.41, 5.74) is 5.37. The number of aliphatic hydroxyl groups is 1. The molecule has 5 aliphatic rings. The Balaban J connectivity index is 0.671. The van der Waals surface area contributed by atoms with Crippen LogP contribution in [0.25, 0.3) is 11.2 Å². The van der Waals surface area contributed by atoms with Crippen molar-refractivity contribution < 1.29 is 94.3 Å². The van der Waals surface area contributed by atoms with Gasteiger partial charge in [0.2, 0.25) is 29.5 Å². The van der Waals surface area contributed by atoms with Crippen LogP contribution in [0, 0.1) is 41.4 Å². The summed E-state index contributed by atoms with van der Waals surface area (Å²) in [4.78, 5) is 126. The molecule has 4 fully saturated rings. The summed E-state index contributed by atoms with van der Waals surface area (Å²) in [6, 6.07) is 11.3. The normalized spacial score (nSPS) is 24.8. The number of benzene rings is 2. The lowest BCUT2D eigenvalue weighted by molar-refractivity contribution is -0.132. The number of fused-ring (bicyclic) bond motifs is 5. The molecule has 562 valence electrons. The van der Waals surface area contributed by atoms with Crippen molar-refractivity contribution in [1.82, 2.24) is 55.7 Å². The van der Waals surface area contributed by atoms with Crippen LogP contribution in [-0.2, 0) is 78.4 Å². The molecule has 0 spiro atoms. The Hall–Kier alpha value is -8.59. The van der Waals surface area contributed by atoms with Crippen molar-refractivity contribution in [2.45, 2.75) is 134 Å². The standard InChI is InChI=1S/C66H86N14O21P2S/c1-38(2)53(75-51(81)21-25-92-27-28-93-26-24-70-65(88)94-34-47-45-13-6-4-5-7-14-46(45)47)60(85)74-48(15-10-22-69-63(67)87)59(84)73-42-18-16-39(17-19-42)32-95-66(89)79(3)31-40-11-8-9-12-44(40)58(83)77-64-76-57-54(61(86)78-64)72-37-80(57)62-56-55(82)50(99-62)35-97-103(91,104)101-49-30-43(98-52-20-23-68-36-71-52)29-41(49)33-96-102(90)100-56/h8-9,11-12,16-20,23,36-38,41,43,45-50,53,55-56,62,82,102H,6-7,10,13-15,21-22,24-35H2,1-3H3,(H,70,88)(H,73,84)(H,74,85)(H,75,81)(H,91,104)(H3,67,69,87)(H2,76,77,78,83,86)/t41-,43-,45-,46+,47-,48+,49+,50-,53?,55-,56-,62-,103-/m1/s1. The molecule has 5 heterocycles. The molecule has 3 aliphatic carbocycles. The number of H-pyrrole nitrogens is 1. The number of hydrogen-bond donors (Lipinski definition) is 10.